The molecule has 3 aliphatic rings. The van der Waals surface area contributed by atoms with Crippen LogP contribution in [-0.2, 0) is 0 Å². The normalized spacial score (nSPS) is 36.1. The van der Waals surface area contributed by atoms with E-state index in [1.807, 2.05) is 0 Å². The van der Waals surface area contributed by atoms with Gasteiger partial charge in [-0.05, 0) is 105 Å². The largest absolute Gasteiger partial charge is 0.0998 e. The van der Waals surface area contributed by atoms with Crippen molar-refractivity contribution in [2.45, 2.75) is 92.4 Å². The van der Waals surface area contributed by atoms with E-state index >= 15 is 0 Å². The Hall–Kier alpha value is -1.30. The lowest BCUT2D eigenvalue weighted by Crippen LogP contribution is -2.33. The highest BCUT2D eigenvalue weighted by Gasteiger charge is 2.48. The molecule has 0 aromatic heterocycles. The zero-order valence-corrected chi connectivity index (χ0v) is 20.5. The molecule has 0 aromatic carbocycles. The Kier molecular flexibility index (Phi) is 7.70. The van der Waals surface area contributed by atoms with E-state index in [-0.39, 0.29) is 0 Å². The number of rotatable bonds is 6. The van der Waals surface area contributed by atoms with Crippen LogP contribution in [0.5, 0.6) is 0 Å². The lowest BCUT2D eigenvalue weighted by molar-refractivity contribution is 0.137. The van der Waals surface area contributed by atoms with Crippen molar-refractivity contribution >= 4 is 0 Å². The standard InChI is InChI=1S/C30H46/c1-21(2)23(5)10-8-12-28-17-18-29-25(11-9-19-30(28,29)7)15-16-27-20-26(22(3)4)14-13-24(27)6/h8,10,15-16,21,23,26,28-29H,3,6,9,11-14,17-20H2,1-2,4-5,7H3/b10-8+,25-15+,27-16+. The molecule has 0 bridgehead atoms. The monoisotopic (exact) mass is 406 g/mol. The van der Waals surface area contributed by atoms with Crippen LogP contribution in [0.2, 0.25) is 0 Å². The molecule has 0 amide bonds. The lowest BCUT2D eigenvalue weighted by Gasteiger charge is -2.42. The molecule has 166 valence electrons. The van der Waals surface area contributed by atoms with E-state index in [1.54, 1.807) is 5.57 Å². The van der Waals surface area contributed by atoms with Gasteiger partial charge in [0.2, 0.25) is 0 Å². The highest BCUT2D eigenvalue weighted by Crippen LogP contribution is 2.58. The van der Waals surface area contributed by atoms with Gasteiger partial charge in [-0.1, -0.05) is 81.9 Å². The molecular formula is C30H46. The summed E-state index contributed by atoms with van der Waals surface area (Å²) in [5, 5.41) is 0. The van der Waals surface area contributed by atoms with E-state index in [9.17, 15) is 0 Å². The maximum atomic E-state index is 4.37. The van der Waals surface area contributed by atoms with E-state index < -0.39 is 0 Å². The summed E-state index contributed by atoms with van der Waals surface area (Å²) in [7, 11) is 0. The van der Waals surface area contributed by atoms with Gasteiger partial charge < -0.3 is 0 Å². The van der Waals surface area contributed by atoms with E-state index in [0.717, 1.165) is 30.6 Å². The molecule has 0 heteroatoms. The van der Waals surface area contributed by atoms with Crippen molar-refractivity contribution in [1.82, 2.24) is 0 Å². The Bertz CT molecular complexity index is 727. The van der Waals surface area contributed by atoms with Crippen LogP contribution in [0, 0.1) is 35.0 Å². The molecule has 0 heterocycles. The Labute approximate surface area is 187 Å². The quantitative estimate of drug-likeness (QED) is 0.385. The van der Waals surface area contributed by atoms with Gasteiger partial charge in [0.15, 0.2) is 0 Å². The van der Waals surface area contributed by atoms with Gasteiger partial charge in [0, 0.05) is 0 Å². The van der Waals surface area contributed by atoms with E-state index in [0.29, 0.717) is 17.3 Å². The molecule has 3 aliphatic carbocycles. The van der Waals surface area contributed by atoms with Gasteiger partial charge in [-0.15, -0.1) is 0 Å². The van der Waals surface area contributed by atoms with Gasteiger partial charge in [-0.2, -0.15) is 0 Å². The lowest BCUT2D eigenvalue weighted by atomic mass is 9.63. The van der Waals surface area contributed by atoms with Crippen LogP contribution >= 0.6 is 0 Å². The smallest absolute Gasteiger partial charge is 0.0143 e. The average Bonchev–Trinajstić information content (AvgIpc) is 3.03. The highest BCUT2D eigenvalue weighted by molar-refractivity contribution is 5.37. The second-order valence-electron chi connectivity index (χ2n) is 11.3. The van der Waals surface area contributed by atoms with Gasteiger partial charge in [-0.3, -0.25) is 0 Å². The summed E-state index contributed by atoms with van der Waals surface area (Å²) in [4.78, 5) is 0. The molecule has 3 saturated carbocycles. The zero-order valence-electron chi connectivity index (χ0n) is 20.5. The fourth-order valence-corrected chi connectivity index (χ4v) is 6.25. The molecule has 0 spiro atoms. The molecule has 0 saturated heterocycles. The summed E-state index contributed by atoms with van der Waals surface area (Å²) in [6.07, 6.45) is 21.6. The maximum Gasteiger partial charge on any atom is -0.0143 e. The molecule has 0 aromatic rings. The van der Waals surface area contributed by atoms with Gasteiger partial charge in [-0.25, -0.2) is 0 Å². The first-order valence-electron chi connectivity index (χ1n) is 12.6. The minimum Gasteiger partial charge on any atom is -0.0998 e. The summed E-state index contributed by atoms with van der Waals surface area (Å²) >= 11 is 0. The first-order chi connectivity index (χ1) is 14.2. The molecular weight excluding hydrogens is 360 g/mol. The van der Waals surface area contributed by atoms with Crippen molar-refractivity contribution in [2.75, 3.05) is 0 Å². The molecule has 0 N–H and O–H groups in total. The Morgan fingerprint density at radius 2 is 1.90 bits per heavy atom. The van der Waals surface area contributed by atoms with Gasteiger partial charge >= 0.3 is 0 Å². The third-order valence-corrected chi connectivity index (χ3v) is 8.98. The first kappa shape index (κ1) is 23.4. The van der Waals surface area contributed by atoms with Crippen molar-refractivity contribution in [3.8, 4) is 0 Å². The number of allylic oxidation sites excluding steroid dienone is 8. The molecule has 5 atom stereocenters. The minimum atomic E-state index is 0.498. The van der Waals surface area contributed by atoms with Crippen LogP contribution in [0.4, 0.5) is 0 Å². The summed E-state index contributed by atoms with van der Waals surface area (Å²) in [6, 6.07) is 0. The van der Waals surface area contributed by atoms with Crippen LogP contribution in [-0.4, -0.2) is 0 Å². The molecule has 30 heavy (non-hydrogen) atoms. The van der Waals surface area contributed by atoms with Crippen molar-refractivity contribution in [1.29, 1.82) is 0 Å². The fourth-order valence-electron chi connectivity index (χ4n) is 6.25. The maximum absolute atomic E-state index is 4.37. The average molecular weight is 407 g/mol. The number of fused-ring (bicyclic) bond motifs is 1. The summed E-state index contributed by atoms with van der Waals surface area (Å²) in [5.41, 5.74) is 6.40. The van der Waals surface area contributed by atoms with Crippen LogP contribution < -0.4 is 0 Å². The summed E-state index contributed by atoms with van der Waals surface area (Å²) in [6.45, 7) is 20.4. The minimum absolute atomic E-state index is 0.498. The highest BCUT2D eigenvalue weighted by atomic mass is 14.5. The molecule has 0 nitrogen and oxygen atoms in total. The molecule has 3 rings (SSSR count). The molecule has 5 unspecified atom stereocenters. The van der Waals surface area contributed by atoms with Gasteiger partial charge in [0.05, 0.1) is 0 Å². The van der Waals surface area contributed by atoms with Crippen molar-refractivity contribution in [2.24, 2.45) is 35.0 Å². The van der Waals surface area contributed by atoms with Crippen LogP contribution in [0.3, 0.4) is 0 Å². The molecule has 0 radical (unpaired) electrons. The first-order valence-corrected chi connectivity index (χ1v) is 12.6. The van der Waals surface area contributed by atoms with Gasteiger partial charge in [0.25, 0.3) is 0 Å². The summed E-state index contributed by atoms with van der Waals surface area (Å²) in [5.74, 6) is 3.72. The SMILES string of the molecule is C=C1CCC(C(=C)C)C/C1=C\C=C1/CCCC2(C)C(C/C=C/C(C)C(C)C)CCC12. The van der Waals surface area contributed by atoms with Crippen molar-refractivity contribution in [3.63, 3.8) is 0 Å². The van der Waals surface area contributed by atoms with E-state index in [4.69, 9.17) is 0 Å². The Morgan fingerprint density at radius 3 is 2.60 bits per heavy atom. The molecule has 0 aliphatic heterocycles. The predicted molar refractivity (Wildman–Crippen MR) is 133 cm³/mol. The number of hydrogen-bond donors (Lipinski definition) is 0. The molecule has 3 fully saturated rings. The predicted octanol–water partition coefficient (Wildman–Crippen LogP) is 9.23. The third kappa shape index (κ3) is 5.12. The Balaban J connectivity index is 1.71. The van der Waals surface area contributed by atoms with Crippen LogP contribution in [0.15, 0.2) is 59.8 Å². The van der Waals surface area contributed by atoms with E-state index in [2.05, 4.69) is 72.1 Å². The van der Waals surface area contributed by atoms with Crippen LogP contribution in [0.1, 0.15) is 92.4 Å². The zero-order chi connectivity index (χ0) is 21.9. The number of hydrogen-bond acceptors (Lipinski definition) is 0. The van der Waals surface area contributed by atoms with Gasteiger partial charge in [0.1, 0.15) is 0 Å². The fraction of sp³-hybridized carbons (Fsp3) is 0.667. The topological polar surface area (TPSA) is 0 Å². The second kappa shape index (κ2) is 9.88. The second-order valence-corrected chi connectivity index (χ2v) is 11.3. The van der Waals surface area contributed by atoms with E-state index in [1.165, 1.54) is 61.7 Å². The van der Waals surface area contributed by atoms with Crippen molar-refractivity contribution < 1.29 is 0 Å². The Morgan fingerprint density at radius 1 is 1.13 bits per heavy atom. The third-order valence-electron chi connectivity index (χ3n) is 8.98. The summed E-state index contributed by atoms with van der Waals surface area (Å²) < 4.78 is 0. The van der Waals surface area contributed by atoms with Crippen molar-refractivity contribution in [3.05, 3.63) is 59.8 Å². The van der Waals surface area contributed by atoms with Crippen LogP contribution in [0.25, 0.3) is 0 Å².